The zero-order chi connectivity index (χ0) is 12.2. The minimum Gasteiger partial charge on any atom is -0.312 e. The van der Waals surface area contributed by atoms with Gasteiger partial charge < -0.3 is 10.2 Å². The molecule has 0 amide bonds. The topological polar surface area (TPSA) is 61.4 Å². The number of hydrogen-bond donors (Lipinski definition) is 2. The minimum atomic E-state index is -3.08. The van der Waals surface area contributed by atoms with Crippen LogP contribution in [-0.4, -0.2) is 57.8 Å². The van der Waals surface area contributed by atoms with Crippen molar-refractivity contribution in [2.24, 2.45) is 0 Å². The number of nitrogens with zero attached hydrogens (tertiary/aromatic N) is 1. The van der Waals surface area contributed by atoms with Gasteiger partial charge in [-0.1, -0.05) is 6.92 Å². The van der Waals surface area contributed by atoms with E-state index in [0.717, 1.165) is 13.0 Å². The Labute approximate surface area is 98.6 Å². The van der Waals surface area contributed by atoms with Crippen LogP contribution in [0.1, 0.15) is 20.3 Å². The molecule has 2 unspecified atom stereocenters. The fraction of sp³-hybridized carbons (Fsp3) is 1.00. The van der Waals surface area contributed by atoms with Gasteiger partial charge in [0, 0.05) is 31.7 Å². The van der Waals surface area contributed by atoms with Crippen LogP contribution in [0.3, 0.4) is 0 Å². The quantitative estimate of drug-likeness (QED) is 0.673. The highest BCUT2D eigenvalue weighted by molar-refractivity contribution is 7.89. The molecule has 1 rings (SSSR count). The second-order valence-electron chi connectivity index (χ2n) is 4.49. The maximum absolute atomic E-state index is 11.4. The zero-order valence-corrected chi connectivity index (χ0v) is 11.2. The monoisotopic (exact) mass is 249 g/mol. The molecule has 1 saturated heterocycles. The summed E-state index contributed by atoms with van der Waals surface area (Å²) in [5.74, 6) is 0.162. The molecular formula is C10H23N3O2S. The molecule has 0 saturated carbocycles. The van der Waals surface area contributed by atoms with Crippen molar-refractivity contribution in [1.29, 1.82) is 0 Å². The van der Waals surface area contributed by atoms with Crippen LogP contribution in [0.4, 0.5) is 0 Å². The van der Waals surface area contributed by atoms with E-state index < -0.39 is 10.0 Å². The van der Waals surface area contributed by atoms with Gasteiger partial charge in [0.1, 0.15) is 0 Å². The van der Waals surface area contributed by atoms with Crippen LogP contribution in [0.2, 0.25) is 0 Å². The first-order valence-corrected chi connectivity index (χ1v) is 7.51. The Morgan fingerprint density at radius 1 is 1.44 bits per heavy atom. The molecule has 0 aromatic rings. The zero-order valence-electron chi connectivity index (χ0n) is 10.4. The lowest BCUT2D eigenvalue weighted by Crippen LogP contribution is -2.37. The van der Waals surface area contributed by atoms with E-state index in [9.17, 15) is 8.42 Å². The second-order valence-corrected chi connectivity index (χ2v) is 6.42. The molecule has 2 N–H and O–H groups in total. The lowest BCUT2D eigenvalue weighted by atomic mass is 10.2. The standard InChI is InChI=1S/C10H23N3O2S/c1-4-12-16(14,15)6-5-11-10-7-9(2)13(3)8-10/h9-12H,4-8H2,1-3H3. The van der Waals surface area contributed by atoms with Gasteiger partial charge >= 0.3 is 0 Å². The number of likely N-dealkylation sites (tertiary alicyclic amines) is 1. The van der Waals surface area contributed by atoms with Gasteiger partial charge in [0.15, 0.2) is 0 Å². The fourth-order valence-corrected chi connectivity index (χ4v) is 3.00. The molecule has 1 aliphatic heterocycles. The molecule has 0 radical (unpaired) electrons. The van der Waals surface area contributed by atoms with E-state index in [1.807, 2.05) is 0 Å². The van der Waals surface area contributed by atoms with Gasteiger partial charge in [-0.3, -0.25) is 0 Å². The summed E-state index contributed by atoms with van der Waals surface area (Å²) < 4.78 is 25.2. The first-order valence-electron chi connectivity index (χ1n) is 5.85. The van der Waals surface area contributed by atoms with E-state index >= 15 is 0 Å². The third-order valence-electron chi connectivity index (χ3n) is 3.05. The molecule has 1 heterocycles. The molecular weight excluding hydrogens is 226 g/mol. The predicted octanol–water partition coefficient (Wildman–Crippen LogP) is -0.392. The molecule has 1 aliphatic rings. The molecule has 0 bridgehead atoms. The predicted molar refractivity (Wildman–Crippen MR) is 66.0 cm³/mol. The summed E-state index contributed by atoms with van der Waals surface area (Å²) in [6.07, 6.45) is 1.09. The summed E-state index contributed by atoms with van der Waals surface area (Å²) in [7, 11) is -0.978. The van der Waals surface area contributed by atoms with Crippen molar-refractivity contribution in [3.8, 4) is 0 Å². The van der Waals surface area contributed by atoms with Crippen molar-refractivity contribution < 1.29 is 8.42 Å². The number of nitrogens with one attached hydrogen (secondary N) is 2. The summed E-state index contributed by atoms with van der Waals surface area (Å²) >= 11 is 0. The average molecular weight is 249 g/mol. The molecule has 0 aromatic carbocycles. The maximum Gasteiger partial charge on any atom is 0.212 e. The smallest absolute Gasteiger partial charge is 0.212 e. The highest BCUT2D eigenvalue weighted by Gasteiger charge is 2.25. The molecule has 0 spiro atoms. The van der Waals surface area contributed by atoms with Crippen molar-refractivity contribution in [1.82, 2.24) is 14.9 Å². The van der Waals surface area contributed by atoms with E-state index in [1.54, 1.807) is 6.92 Å². The first kappa shape index (κ1) is 13.9. The molecule has 1 fully saturated rings. The second kappa shape index (κ2) is 5.95. The molecule has 6 heteroatoms. The van der Waals surface area contributed by atoms with E-state index in [-0.39, 0.29) is 5.75 Å². The van der Waals surface area contributed by atoms with Gasteiger partial charge in [-0.2, -0.15) is 0 Å². The van der Waals surface area contributed by atoms with Crippen molar-refractivity contribution in [2.45, 2.75) is 32.4 Å². The van der Waals surface area contributed by atoms with Gasteiger partial charge in [0.25, 0.3) is 0 Å². The molecule has 2 atom stereocenters. The maximum atomic E-state index is 11.4. The van der Waals surface area contributed by atoms with Crippen LogP contribution in [0, 0.1) is 0 Å². The SMILES string of the molecule is CCNS(=O)(=O)CCNC1CC(C)N(C)C1. The van der Waals surface area contributed by atoms with Gasteiger partial charge in [0.2, 0.25) is 10.0 Å². The van der Waals surface area contributed by atoms with Gasteiger partial charge in [-0.05, 0) is 20.4 Å². The highest BCUT2D eigenvalue weighted by Crippen LogP contribution is 2.14. The van der Waals surface area contributed by atoms with E-state index in [4.69, 9.17) is 0 Å². The molecule has 0 aromatic heterocycles. The summed E-state index contributed by atoms with van der Waals surface area (Å²) in [6, 6.07) is 1.01. The van der Waals surface area contributed by atoms with Crippen LogP contribution >= 0.6 is 0 Å². The van der Waals surface area contributed by atoms with Gasteiger partial charge in [-0.25, -0.2) is 13.1 Å². The summed E-state index contributed by atoms with van der Waals surface area (Å²) in [5, 5.41) is 3.30. The average Bonchev–Trinajstić information content (AvgIpc) is 2.45. The fourth-order valence-electron chi connectivity index (χ4n) is 2.03. The first-order chi connectivity index (χ1) is 7.44. The Balaban J connectivity index is 2.22. The van der Waals surface area contributed by atoms with Crippen LogP contribution < -0.4 is 10.0 Å². The number of rotatable bonds is 6. The van der Waals surface area contributed by atoms with Crippen LogP contribution in [0.5, 0.6) is 0 Å². The lowest BCUT2D eigenvalue weighted by Gasteiger charge is -2.13. The van der Waals surface area contributed by atoms with Crippen molar-refractivity contribution in [3.63, 3.8) is 0 Å². The van der Waals surface area contributed by atoms with Crippen LogP contribution in [-0.2, 0) is 10.0 Å². The third-order valence-corrected chi connectivity index (χ3v) is 4.52. The molecule has 96 valence electrons. The van der Waals surface area contributed by atoms with Gasteiger partial charge in [0.05, 0.1) is 5.75 Å². The van der Waals surface area contributed by atoms with Crippen LogP contribution in [0.25, 0.3) is 0 Å². The summed E-state index contributed by atoms with van der Waals surface area (Å²) in [6.45, 7) is 5.98. The Bertz CT molecular complexity index is 295. The van der Waals surface area contributed by atoms with Crippen molar-refractivity contribution in [3.05, 3.63) is 0 Å². The molecule has 16 heavy (non-hydrogen) atoms. The lowest BCUT2D eigenvalue weighted by molar-refractivity contribution is 0.327. The Morgan fingerprint density at radius 3 is 2.62 bits per heavy atom. The number of sulfonamides is 1. The summed E-state index contributed by atoms with van der Waals surface area (Å²) in [4.78, 5) is 2.29. The molecule has 0 aliphatic carbocycles. The number of hydrogen-bond acceptors (Lipinski definition) is 4. The normalized spacial score (nSPS) is 27.4. The Hall–Kier alpha value is -0.170. The number of likely N-dealkylation sites (N-methyl/N-ethyl adjacent to an activating group) is 1. The third kappa shape index (κ3) is 4.37. The summed E-state index contributed by atoms with van der Waals surface area (Å²) in [5.41, 5.74) is 0. The van der Waals surface area contributed by atoms with E-state index in [1.165, 1.54) is 0 Å². The van der Waals surface area contributed by atoms with Crippen molar-refractivity contribution in [2.75, 3.05) is 32.4 Å². The molecule has 5 nitrogen and oxygen atoms in total. The van der Waals surface area contributed by atoms with Crippen LogP contribution in [0.15, 0.2) is 0 Å². The highest BCUT2D eigenvalue weighted by atomic mass is 32.2. The Kier molecular flexibility index (Phi) is 5.17. The van der Waals surface area contributed by atoms with Gasteiger partial charge in [-0.15, -0.1) is 0 Å². The minimum absolute atomic E-state index is 0.162. The Morgan fingerprint density at radius 2 is 2.12 bits per heavy atom. The van der Waals surface area contributed by atoms with Crippen molar-refractivity contribution >= 4 is 10.0 Å². The largest absolute Gasteiger partial charge is 0.312 e. The van der Waals surface area contributed by atoms with E-state index in [2.05, 4.69) is 28.9 Å². The van der Waals surface area contributed by atoms with E-state index in [0.29, 0.717) is 25.2 Å².